The molecule has 6 nitrogen and oxygen atoms in total. The number of hydrogen-bond acceptors (Lipinski definition) is 5. The van der Waals surface area contributed by atoms with Crippen molar-refractivity contribution in [2.45, 2.75) is 33.6 Å². The Balaban J connectivity index is 1.85. The van der Waals surface area contributed by atoms with Crippen LogP contribution in [-0.2, 0) is 0 Å². The molecule has 158 valence electrons. The van der Waals surface area contributed by atoms with Gasteiger partial charge in [-0.05, 0) is 56.2 Å². The summed E-state index contributed by atoms with van der Waals surface area (Å²) >= 11 is 0. The van der Waals surface area contributed by atoms with Crippen molar-refractivity contribution in [1.82, 2.24) is 5.16 Å². The van der Waals surface area contributed by atoms with Crippen LogP contribution in [0, 0.1) is 12.7 Å². The van der Waals surface area contributed by atoms with Gasteiger partial charge in [-0.15, -0.1) is 0 Å². The summed E-state index contributed by atoms with van der Waals surface area (Å²) < 4.78 is 30.0. The number of nitrogens with zero attached hydrogens (tertiary/aromatic N) is 1. The minimum atomic E-state index is -0.378. The Morgan fingerprint density at radius 3 is 2.37 bits per heavy atom. The second-order valence-electron chi connectivity index (χ2n) is 6.78. The van der Waals surface area contributed by atoms with Crippen LogP contribution in [0.1, 0.15) is 42.8 Å². The second-order valence-corrected chi connectivity index (χ2v) is 6.78. The third kappa shape index (κ3) is 4.97. The van der Waals surface area contributed by atoms with Crippen LogP contribution in [0.15, 0.2) is 47.0 Å². The summed E-state index contributed by atoms with van der Waals surface area (Å²) in [6.07, 6.45) is 1.73. The van der Waals surface area contributed by atoms with Crippen LogP contribution in [-0.4, -0.2) is 24.3 Å². The maximum atomic E-state index is 13.2. The SMILES string of the molecule is CCCOc1ccc(NC(=O)c2c(-c3ccc(F)cc3)noc2C)cc1OCCC. The minimum Gasteiger partial charge on any atom is -0.490 e. The number of halogens is 1. The van der Waals surface area contributed by atoms with Gasteiger partial charge < -0.3 is 19.3 Å². The molecule has 7 heteroatoms. The van der Waals surface area contributed by atoms with E-state index in [9.17, 15) is 9.18 Å². The van der Waals surface area contributed by atoms with Gasteiger partial charge in [0.25, 0.3) is 5.91 Å². The third-order valence-electron chi connectivity index (χ3n) is 4.33. The van der Waals surface area contributed by atoms with Gasteiger partial charge in [0.05, 0.1) is 13.2 Å². The molecule has 0 radical (unpaired) electrons. The highest BCUT2D eigenvalue weighted by molar-refractivity contribution is 6.08. The predicted molar refractivity (Wildman–Crippen MR) is 113 cm³/mol. The van der Waals surface area contributed by atoms with Crippen molar-refractivity contribution in [3.8, 4) is 22.8 Å². The molecule has 2 aromatic carbocycles. The fourth-order valence-electron chi connectivity index (χ4n) is 2.88. The Kier molecular flexibility index (Phi) is 7.06. The smallest absolute Gasteiger partial charge is 0.261 e. The summed E-state index contributed by atoms with van der Waals surface area (Å²) in [6, 6.07) is 11.0. The molecule has 0 aliphatic carbocycles. The van der Waals surface area contributed by atoms with Crippen molar-refractivity contribution in [1.29, 1.82) is 0 Å². The van der Waals surface area contributed by atoms with Gasteiger partial charge in [0.1, 0.15) is 22.8 Å². The zero-order valence-electron chi connectivity index (χ0n) is 17.3. The summed E-state index contributed by atoms with van der Waals surface area (Å²) in [7, 11) is 0. The van der Waals surface area contributed by atoms with Gasteiger partial charge in [0.2, 0.25) is 0 Å². The number of carbonyl (C=O) groups excluding carboxylic acids is 1. The van der Waals surface area contributed by atoms with Gasteiger partial charge in [0.15, 0.2) is 11.5 Å². The summed E-state index contributed by atoms with van der Waals surface area (Å²) in [5, 5.41) is 6.84. The van der Waals surface area contributed by atoms with Gasteiger partial charge in [-0.3, -0.25) is 4.79 Å². The van der Waals surface area contributed by atoms with Crippen LogP contribution in [0.4, 0.5) is 10.1 Å². The van der Waals surface area contributed by atoms with Crippen molar-refractivity contribution in [2.75, 3.05) is 18.5 Å². The molecule has 1 amide bonds. The minimum absolute atomic E-state index is 0.295. The Labute approximate surface area is 175 Å². The van der Waals surface area contributed by atoms with E-state index in [1.54, 1.807) is 37.3 Å². The summed E-state index contributed by atoms with van der Waals surface area (Å²) in [6.45, 7) is 6.83. The summed E-state index contributed by atoms with van der Waals surface area (Å²) in [4.78, 5) is 13.0. The van der Waals surface area contributed by atoms with Crippen LogP contribution in [0.3, 0.4) is 0 Å². The Morgan fingerprint density at radius 2 is 1.70 bits per heavy atom. The highest BCUT2D eigenvalue weighted by Gasteiger charge is 2.22. The van der Waals surface area contributed by atoms with Crippen molar-refractivity contribution < 1.29 is 23.2 Å². The van der Waals surface area contributed by atoms with Gasteiger partial charge in [0, 0.05) is 17.3 Å². The van der Waals surface area contributed by atoms with Gasteiger partial charge in [-0.2, -0.15) is 0 Å². The third-order valence-corrected chi connectivity index (χ3v) is 4.33. The number of rotatable bonds is 9. The van der Waals surface area contributed by atoms with Crippen molar-refractivity contribution in [3.63, 3.8) is 0 Å². The predicted octanol–water partition coefficient (Wildman–Crippen LogP) is 5.62. The lowest BCUT2D eigenvalue weighted by atomic mass is 10.1. The molecule has 1 heterocycles. The van der Waals surface area contributed by atoms with E-state index in [-0.39, 0.29) is 11.7 Å². The normalized spacial score (nSPS) is 10.7. The van der Waals surface area contributed by atoms with Crippen molar-refractivity contribution >= 4 is 11.6 Å². The fraction of sp³-hybridized carbons (Fsp3) is 0.304. The molecule has 0 aliphatic heterocycles. The molecule has 1 N–H and O–H groups in total. The molecular formula is C23H25FN2O4. The van der Waals surface area contributed by atoms with Gasteiger partial charge in [-0.25, -0.2) is 4.39 Å². The number of nitrogens with one attached hydrogen (secondary N) is 1. The molecule has 3 rings (SSSR count). The van der Waals surface area contributed by atoms with E-state index in [2.05, 4.69) is 10.5 Å². The molecular weight excluding hydrogens is 387 g/mol. The first kappa shape index (κ1) is 21.4. The average molecular weight is 412 g/mol. The summed E-state index contributed by atoms with van der Waals surface area (Å²) in [5.74, 6) is 0.837. The molecule has 1 aromatic heterocycles. The number of ether oxygens (including phenoxy) is 2. The van der Waals surface area contributed by atoms with E-state index in [1.807, 2.05) is 13.8 Å². The first-order chi connectivity index (χ1) is 14.5. The van der Waals surface area contributed by atoms with Crippen LogP contribution in [0.5, 0.6) is 11.5 Å². The standard InChI is InChI=1S/C23H25FN2O4/c1-4-12-28-19-11-10-18(14-20(19)29-13-5-2)25-23(27)21-15(3)30-26-22(21)16-6-8-17(24)9-7-16/h6-11,14H,4-5,12-13H2,1-3H3,(H,25,27). The highest BCUT2D eigenvalue weighted by Crippen LogP contribution is 2.32. The molecule has 0 saturated heterocycles. The van der Waals surface area contributed by atoms with E-state index in [0.29, 0.717) is 53.0 Å². The number of benzene rings is 2. The molecule has 0 fully saturated rings. The monoisotopic (exact) mass is 412 g/mol. The molecule has 30 heavy (non-hydrogen) atoms. The lowest BCUT2D eigenvalue weighted by Gasteiger charge is -2.14. The Bertz CT molecular complexity index is 999. The van der Waals surface area contributed by atoms with Crippen LogP contribution < -0.4 is 14.8 Å². The Morgan fingerprint density at radius 1 is 1.03 bits per heavy atom. The van der Waals surface area contributed by atoms with Gasteiger partial charge >= 0.3 is 0 Å². The van der Waals surface area contributed by atoms with E-state index in [4.69, 9.17) is 14.0 Å². The molecule has 3 aromatic rings. The highest BCUT2D eigenvalue weighted by atomic mass is 19.1. The number of aryl methyl sites for hydroxylation is 1. The number of aromatic nitrogens is 1. The fourth-order valence-corrected chi connectivity index (χ4v) is 2.88. The zero-order valence-corrected chi connectivity index (χ0v) is 17.3. The molecule has 0 unspecified atom stereocenters. The topological polar surface area (TPSA) is 73.6 Å². The van der Waals surface area contributed by atoms with E-state index < -0.39 is 0 Å². The number of amides is 1. The quantitative estimate of drug-likeness (QED) is 0.494. The molecule has 0 aliphatic rings. The maximum Gasteiger partial charge on any atom is 0.261 e. The Hall–Kier alpha value is -3.35. The number of carbonyl (C=O) groups is 1. The lowest BCUT2D eigenvalue weighted by Crippen LogP contribution is -2.14. The zero-order chi connectivity index (χ0) is 21.5. The average Bonchev–Trinajstić information content (AvgIpc) is 3.13. The second kappa shape index (κ2) is 9.91. The molecule has 0 bridgehead atoms. The van der Waals surface area contributed by atoms with Crippen molar-refractivity contribution in [3.05, 3.63) is 59.6 Å². The molecule has 0 saturated carbocycles. The van der Waals surface area contributed by atoms with E-state index in [0.717, 1.165) is 12.8 Å². The lowest BCUT2D eigenvalue weighted by molar-refractivity contribution is 0.102. The first-order valence-electron chi connectivity index (χ1n) is 9.96. The number of anilines is 1. The molecule has 0 atom stereocenters. The van der Waals surface area contributed by atoms with Gasteiger partial charge in [-0.1, -0.05) is 19.0 Å². The van der Waals surface area contributed by atoms with E-state index >= 15 is 0 Å². The summed E-state index contributed by atoms with van der Waals surface area (Å²) in [5.41, 5.74) is 1.80. The van der Waals surface area contributed by atoms with E-state index in [1.165, 1.54) is 12.1 Å². The van der Waals surface area contributed by atoms with Crippen molar-refractivity contribution in [2.24, 2.45) is 0 Å². The largest absolute Gasteiger partial charge is 0.490 e. The molecule has 0 spiro atoms. The van der Waals surface area contributed by atoms with Crippen LogP contribution in [0.25, 0.3) is 11.3 Å². The van der Waals surface area contributed by atoms with Crippen LogP contribution in [0.2, 0.25) is 0 Å². The first-order valence-corrected chi connectivity index (χ1v) is 9.96. The van der Waals surface area contributed by atoms with Crippen LogP contribution >= 0.6 is 0 Å². The maximum absolute atomic E-state index is 13.2. The number of hydrogen-bond donors (Lipinski definition) is 1.